The van der Waals surface area contributed by atoms with Gasteiger partial charge in [0.1, 0.15) is 12.1 Å². The van der Waals surface area contributed by atoms with Crippen LogP contribution in [0.1, 0.15) is 36.0 Å². The molecule has 0 bridgehead atoms. The van der Waals surface area contributed by atoms with Gasteiger partial charge >= 0.3 is 0 Å². The van der Waals surface area contributed by atoms with E-state index in [0.29, 0.717) is 11.7 Å². The summed E-state index contributed by atoms with van der Waals surface area (Å²) in [6.07, 6.45) is 1.58. The van der Waals surface area contributed by atoms with Gasteiger partial charge in [-0.2, -0.15) is 14.6 Å². The van der Waals surface area contributed by atoms with E-state index in [-0.39, 0.29) is 0 Å². The lowest BCUT2D eigenvalue weighted by atomic mass is 10.1. The Balaban J connectivity index is 1.58. The van der Waals surface area contributed by atoms with E-state index >= 15 is 0 Å². The number of piperazine rings is 1. The summed E-state index contributed by atoms with van der Waals surface area (Å²) >= 11 is 1.79. The third-order valence-corrected chi connectivity index (χ3v) is 5.87. The minimum atomic E-state index is 0.364. The molecule has 4 rings (SSSR count). The highest BCUT2D eigenvalue weighted by atomic mass is 32.1. The summed E-state index contributed by atoms with van der Waals surface area (Å²) in [7, 11) is 0. The first-order chi connectivity index (χ1) is 12.0. The highest BCUT2D eigenvalue weighted by Crippen LogP contribution is 2.27. The maximum atomic E-state index is 4.70. The van der Waals surface area contributed by atoms with Crippen LogP contribution in [0, 0.1) is 13.8 Å². The lowest BCUT2D eigenvalue weighted by molar-refractivity contribution is 0.635. The third-order valence-electron chi connectivity index (χ3n) is 4.74. The lowest BCUT2D eigenvalue weighted by Crippen LogP contribution is -2.47. The summed E-state index contributed by atoms with van der Waals surface area (Å²) in [6, 6.07) is 2.15. The van der Waals surface area contributed by atoms with Crippen molar-refractivity contribution in [2.45, 2.75) is 33.6 Å². The van der Waals surface area contributed by atoms with Crippen LogP contribution in [0.5, 0.6) is 0 Å². The van der Waals surface area contributed by atoms with Gasteiger partial charge in [0.05, 0.1) is 11.4 Å². The number of fused-ring (bicyclic) bond motifs is 1. The van der Waals surface area contributed by atoms with Crippen molar-refractivity contribution in [1.82, 2.24) is 24.6 Å². The summed E-state index contributed by atoms with van der Waals surface area (Å²) in [5.41, 5.74) is 2.20. The van der Waals surface area contributed by atoms with Crippen LogP contribution in [0.2, 0.25) is 0 Å². The summed E-state index contributed by atoms with van der Waals surface area (Å²) in [4.78, 5) is 19.7. The number of aromatic nitrogens is 5. The molecule has 1 aliphatic rings. The van der Waals surface area contributed by atoms with Crippen molar-refractivity contribution in [2.24, 2.45) is 0 Å². The van der Waals surface area contributed by atoms with Crippen LogP contribution in [0.3, 0.4) is 0 Å². The van der Waals surface area contributed by atoms with Gasteiger partial charge in [-0.05, 0) is 19.8 Å². The average molecular weight is 357 g/mol. The number of hydrogen-bond acceptors (Lipinski definition) is 7. The number of thiazole rings is 1. The van der Waals surface area contributed by atoms with Crippen LogP contribution in [-0.2, 0) is 0 Å². The molecule has 3 aromatic heterocycles. The number of aryl methyl sites for hydroxylation is 2. The molecular formula is C17H23N7S. The summed E-state index contributed by atoms with van der Waals surface area (Å²) in [5.74, 6) is 2.12. The Morgan fingerprint density at radius 3 is 2.40 bits per heavy atom. The molecule has 4 heterocycles. The molecule has 0 spiro atoms. The largest absolute Gasteiger partial charge is 0.353 e. The zero-order chi connectivity index (χ0) is 17.6. The molecule has 7 nitrogen and oxygen atoms in total. The van der Waals surface area contributed by atoms with E-state index in [1.165, 1.54) is 4.88 Å². The van der Waals surface area contributed by atoms with Crippen LogP contribution in [0.15, 0.2) is 12.4 Å². The standard InChI is InChI=1S/C17H23N7S/c1-11(2)14-9-15(24-16(21-14)18-10-19-24)22-5-7-23(8-6-22)17-20-12(3)13(4)25-17/h9-11H,5-8H2,1-4H3. The van der Waals surface area contributed by atoms with Gasteiger partial charge in [-0.25, -0.2) is 9.97 Å². The third kappa shape index (κ3) is 2.95. The van der Waals surface area contributed by atoms with Gasteiger partial charge in [0, 0.05) is 37.1 Å². The maximum absolute atomic E-state index is 4.70. The van der Waals surface area contributed by atoms with Crippen molar-refractivity contribution in [1.29, 1.82) is 0 Å². The Morgan fingerprint density at radius 1 is 1.04 bits per heavy atom. The second kappa shape index (κ2) is 6.25. The van der Waals surface area contributed by atoms with Gasteiger partial charge in [0.2, 0.25) is 0 Å². The Bertz CT molecular complexity index is 870. The first-order valence-electron chi connectivity index (χ1n) is 8.67. The minimum absolute atomic E-state index is 0.364. The van der Waals surface area contributed by atoms with E-state index < -0.39 is 0 Å². The fraction of sp³-hybridized carbons (Fsp3) is 0.529. The zero-order valence-electron chi connectivity index (χ0n) is 15.1. The molecule has 0 amide bonds. The van der Waals surface area contributed by atoms with Crippen molar-refractivity contribution < 1.29 is 0 Å². The van der Waals surface area contributed by atoms with Crippen molar-refractivity contribution >= 4 is 28.1 Å². The van der Waals surface area contributed by atoms with Crippen molar-refractivity contribution in [2.75, 3.05) is 36.0 Å². The van der Waals surface area contributed by atoms with Crippen LogP contribution in [-0.4, -0.2) is 50.7 Å². The molecule has 0 aliphatic carbocycles. The first-order valence-corrected chi connectivity index (χ1v) is 9.49. The predicted molar refractivity (Wildman–Crippen MR) is 101 cm³/mol. The number of hydrogen-bond donors (Lipinski definition) is 0. The lowest BCUT2D eigenvalue weighted by Gasteiger charge is -2.35. The first kappa shape index (κ1) is 16.3. The molecular weight excluding hydrogens is 334 g/mol. The Hall–Kier alpha value is -2.22. The highest BCUT2D eigenvalue weighted by Gasteiger charge is 2.23. The molecule has 0 atom stereocenters. The van der Waals surface area contributed by atoms with Crippen molar-refractivity contribution in [3.63, 3.8) is 0 Å². The number of nitrogens with zero attached hydrogens (tertiary/aromatic N) is 7. The molecule has 0 saturated carbocycles. The fourth-order valence-corrected chi connectivity index (χ4v) is 4.01. The molecule has 132 valence electrons. The monoisotopic (exact) mass is 357 g/mol. The summed E-state index contributed by atoms with van der Waals surface area (Å²) < 4.78 is 1.85. The predicted octanol–water partition coefficient (Wildman–Crippen LogP) is 2.65. The van der Waals surface area contributed by atoms with Gasteiger partial charge in [0.15, 0.2) is 5.13 Å². The van der Waals surface area contributed by atoms with Crippen LogP contribution >= 0.6 is 11.3 Å². The smallest absolute Gasteiger partial charge is 0.254 e. The number of anilines is 2. The average Bonchev–Trinajstić information content (AvgIpc) is 3.21. The summed E-state index contributed by atoms with van der Waals surface area (Å²) in [6.45, 7) is 12.3. The topological polar surface area (TPSA) is 62.5 Å². The van der Waals surface area contributed by atoms with Gasteiger partial charge in [-0.1, -0.05) is 13.8 Å². The van der Waals surface area contributed by atoms with E-state index in [9.17, 15) is 0 Å². The highest BCUT2D eigenvalue weighted by molar-refractivity contribution is 7.15. The fourth-order valence-electron chi connectivity index (χ4n) is 3.05. The molecule has 3 aromatic rings. The van der Waals surface area contributed by atoms with Gasteiger partial charge in [-0.15, -0.1) is 11.3 Å². The van der Waals surface area contributed by atoms with Gasteiger partial charge in [0.25, 0.3) is 5.78 Å². The van der Waals surface area contributed by atoms with Gasteiger partial charge in [-0.3, -0.25) is 0 Å². The molecule has 0 unspecified atom stereocenters. The molecule has 1 fully saturated rings. The zero-order valence-corrected chi connectivity index (χ0v) is 15.9. The second-order valence-electron chi connectivity index (χ2n) is 6.78. The molecule has 0 radical (unpaired) electrons. The normalized spacial score (nSPS) is 15.6. The van der Waals surface area contributed by atoms with Crippen molar-refractivity contribution in [3.8, 4) is 0 Å². The molecule has 1 aliphatic heterocycles. The van der Waals surface area contributed by atoms with E-state index in [1.54, 1.807) is 17.7 Å². The SMILES string of the molecule is Cc1nc(N2CCN(c3cc(C(C)C)nc4ncnn34)CC2)sc1C. The minimum Gasteiger partial charge on any atom is -0.353 e. The van der Waals surface area contributed by atoms with E-state index in [0.717, 1.165) is 48.5 Å². The van der Waals surface area contributed by atoms with E-state index in [2.05, 4.69) is 58.6 Å². The quantitative estimate of drug-likeness (QED) is 0.718. The van der Waals surface area contributed by atoms with Crippen LogP contribution in [0.4, 0.5) is 10.9 Å². The number of rotatable bonds is 3. The van der Waals surface area contributed by atoms with Crippen LogP contribution in [0.25, 0.3) is 5.78 Å². The van der Waals surface area contributed by atoms with Gasteiger partial charge < -0.3 is 9.80 Å². The molecule has 0 N–H and O–H groups in total. The molecule has 1 saturated heterocycles. The second-order valence-corrected chi connectivity index (χ2v) is 7.96. The van der Waals surface area contributed by atoms with Crippen LogP contribution < -0.4 is 9.80 Å². The Morgan fingerprint density at radius 2 is 1.76 bits per heavy atom. The van der Waals surface area contributed by atoms with E-state index in [1.807, 2.05) is 4.52 Å². The Labute approximate surface area is 151 Å². The summed E-state index contributed by atoms with van der Waals surface area (Å²) in [5, 5.41) is 5.50. The molecule has 0 aromatic carbocycles. The Kier molecular flexibility index (Phi) is 4.07. The van der Waals surface area contributed by atoms with Crippen molar-refractivity contribution in [3.05, 3.63) is 28.7 Å². The maximum Gasteiger partial charge on any atom is 0.254 e. The molecule has 8 heteroatoms. The molecule has 25 heavy (non-hydrogen) atoms. The van der Waals surface area contributed by atoms with E-state index in [4.69, 9.17) is 4.98 Å².